The van der Waals surface area contributed by atoms with Crippen LogP contribution in [0.25, 0.3) is 0 Å². The van der Waals surface area contributed by atoms with Gasteiger partial charge in [0.25, 0.3) is 0 Å². The molecule has 1 N–H and O–H groups in total. The molecule has 0 spiro atoms. The zero-order chi connectivity index (χ0) is 7.72. The van der Waals surface area contributed by atoms with Gasteiger partial charge in [-0.1, -0.05) is 6.92 Å². The molecule has 1 aliphatic heterocycles. The summed E-state index contributed by atoms with van der Waals surface area (Å²) in [4.78, 5) is 10.4. The molecule has 3 heteroatoms. The van der Waals surface area contributed by atoms with Gasteiger partial charge in [-0.25, -0.2) is 4.79 Å². The van der Waals surface area contributed by atoms with Gasteiger partial charge in [-0.3, -0.25) is 0 Å². The predicted molar refractivity (Wildman–Crippen MR) is 35.8 cm³/mol. The van der Waals surface area contributed by atoms with Crippen molar-refractivity contribution in [3.05, 3.63) is 0 Å². The monoisotopic (exact) mass is 144 g/mol. The molecule has 1 aliphatic rings. The lowest BCUT2D eigenvalue weighted by atomic mass is 10.0. The molecule has 0 bridgehead atoms. The number of carboxylic acid groups (broad SMARTS) is 1. The minimum absolute atomic E-state index is 0.0982. The summed E-state index contributed by atoms with van der Waals surface area (Å²) in [5.74, 6) is -0.461. The van der Waals surface area contributed by atoms with E-state index in [4.69, 9.17) is 9.84 Å². The van der Waals surface area contributed by atoms with E-state index in [2.05, 4.69) is 0 Å². The molecule has 3 unspecified atom stereocenters. The highest BCUT2D eigenvalue weighted by Crippen LogP contribution is 2.25. The SMILES string of the molecule is CC1CC(C(=O)O)OC1C. The molecule has 0 aliphatic carbocycles. The Morgan fingerprint density at radius 3 is 2.40 bits per heavy atom. The van der Waals surface area contributed by atoms with Crippen LogP contribution in [0.2, 0.25) is 0 Å². The summed E-state index contributed by atoms with van der Waals surface area (Å²) in [6.45, 7) is 3.92. The first-order chi connectivity index (χ1) is 4.61. The standard InChI is InChI=1S/C7H12O3/c1-4-3-6(7(8)9)10-5(4)2/h4-6H,3H2,1-2H3,(H,8,9). The molecule has 0 aromatic heterocycles. The van der Waals surface area contributed by atoms with Gasteiger partial charge < -0.3 is 9.84 Å². The molecule has 3 nitrogen and oxygen atoms in total. The molecule has 0 aromatic carbocycles. The van der Waals surface area contributed by atoms with Crippen molar-refractivity contribution >= 4 is 5.97 Å². The average molecular weight is 144 g/mol. The Morgan fingerprint density at radius 2 is 2.20 bits per heavy atom. The topological polar surface area (TPSA) is 46.5 Å². The summed E-state index contributed by atoms with van der Waals surface area (Å²) in [5.41, 5.74) is 0. The van der Waals surface area contributed by atoms with E-state index < -0.39 is 12.1 Å². The highest BCUT2D eigenvalue weighted by atomic mass is 16.5. The number of ether oxygens (including phenoxy) is 1. The summed E-state index contributed by atoms with van der Waals surface area (Å²) in [6.07, 6.45) is 0.183. The maximum atomic E-state index is 10.4. The van der Waals surface area contributed by atoms with Crippen LogP contribution in [-0.2, 0) is 9.53 Å². The fourth-order valence-electron chi connectivity index (χ4n) is 1.14. The molecule has 1 heterocycles. The van der Waals surface area contributed by atoms with Crippen LogP contribution in [0, 0.1) is 5.92 Å². The summed E-state index contributed by atoms with van der Waals surface area (Å²) in [7, 11) is 0. The molecule has 1 rings (SSSR count). The Kier molecular flexibility index (Phi) is 1.94. The Balaban J connectivity index is 2.49. The van der Waals surface area contributed by atoms with Crippen molar-refractivity contribution in [2.45, 2.75) is 32.5 Å². The van der Waals surface area contributed by atoms with Crippen LogP contribution >= 0.6 is 0 Å². The molecule has 0 amide bonds. The van der Waals surface area contributed by atoms with Crippen molar-refractivity contribution in [3.63, 3.8) is 0 Å². The van der Waals surface area contributed by atoms with Gasteiger partial charge in [-0.2, -0.15) is 0 Å². The molecule has 0 saturated carbocycles. The summed E-state index contributed by atoms with van der Waals surface area (Å²) in [6, 6.07) is 0. The first kappa shape index (κ1) is 7.54. The van der Waals surface area contributed by atoms with Gasteiger partial charge in [0.2, 0.25) is 0 Å². The van der Waals surface area contributed by atoms with Gasteiger partial charge in [0, 0.05) is 0 Å². The lowest BCUT2D eigenvalue weighted by Gasteiger charge is -2.05. The fourth-order valence-corrected chi connectivity index (χ4v) is 1.14. The average Bonchev–Trinajstić information content (AvgIpc) is 2.13. The van der Waals surface area contributed by atoms with E-state index in [0.717, 1.165) is 0 Å². The number of hydrogen-bond acceptors (Lipinski definition) is 2. The summed E-state index contributed by atoms with van der Waals surface area (Å²) >= 11 is 0. The Labute approximate surface area is 60.0 Å². The van der Waals surface area contributed by atoms with Crippen molar-refractivity contribution in [1.82, 2.24) is 0 Å². The fraction of sp³-hybridized carbons (Fsp3) is 0.857. The second-order valence-electron chi connectivity index (χ2n) is 2.88. The van der Waals surface area contributed by atoms with Gasteiger partial charge in [0.15, 0.2) is 6.10 Å². The quantitative estimate of drug-likeness (QED) is 0.594. The maximum absolute atomic E-state index is 10.4. The Bertz CT molecular complexity index is 134. The van der Waals surface area contributed by atoms with E-state index >= 15 is 0 Å². The van der Waals surface area contributed by atoms with Gasteiger partial charge in [0.1, 0.15) is 0 Å². The molecule has 0 radical (unpaired) electrons. The van der Waals surface area contributed by atoms with Crippen LogP contribution in [-0.4, -0.2) is 23.3 Å². The molecular weight excluding hydrogens is 132 g/mol. The van der Waals surface area contributed by atoms with Crippen molar-refractivity contribution < 1.29 is 14.6 Å². The van der Waals surface area contributed by atoms with Crippen LogP contribution < -0.4 is 0 Å². The van der Waals surface area contributed by atoms with Crippen LogP contribution in [0.1, 0.15) is 20.3 Å². The smallest absolute Gasteiger partial charge is 0.332 e. The second kappa shape index (κ2) is 2.58. The normalized spacial score (nSPS) is 40.0. The minimum atomic E-state index is -0.837. The van der Waals surface area contributed by atoms with Crippen molar-refractivity contribution in [3.8, 4) is 0 Å². The number of aliphatic carboxylic acids is 1. The van der Waals surface area contributed by atoms with E-state index in [9.17, 15) is 4.79 Å². The van der Waals surface area contributed by atoms with E-state index in [-0.39, 0.29) is 6.10 Å². The van der Waals surface area contributed by atoms with Crippen LogP contribution in [0.15, 0.2) is 0 Å². The van der Waals surface area contributed by atoms with E-state index in [1.165, 1.54) is 0 Å². The summed E-state index contributed by atoms with van der Waals surface area (Å²) in [5, 5.41) is 8.52. The lowest BCUT2D eigenvalue weighted by Crippen LogP contribution is -2.19. The van der Waals surface area contributed by atoms with Crippen LogP contribution in [0.4, 0.5) is 0 Å². The number of rotatable bonds is 1. The van der Waals surface area contributed by atoms with Gasteiger partial charge in [0.05, 0.1) is 6.10 Å². The third-order valence-electron chi connectivity index (χ3n) is 2.04. The maximum Gasteiger partial charge on any atom is 0.332 e. The minimum Gasteiger partial charge on any atom is -0.479 e. The van der Waals surface area contributed by atoms with Crippen LogP contribution in [0.3, 0.4) is 0 Å². The van der Waals surface area contributed by atoms with Crippen molar-refractivity contribution in [1.29, 1.82) is 0 Å². The van der Waals surface area contributed by atoms with E-state index in [1.807, 2.05) is 13.8 Å². The van der Waals surface area contributed by atoms with E-state index in [1.54, 1.807) is 0 Å². The predicted octanol–water partition coefficient (Wildman–Crippen LogP) is 0.884. The molecule has 1 fully saturated rings. The molecule has 0 aromatic rings. The largest absolute Gasteiger partial charge is 0.479 e. The molecule has 58 valence electrons. The van der Waals surface area contributed by atoms with Crippen LogP contribution in [0.5, 0.6) is 0 Å². The lowest BCUT2D eigenvalue weighted by molar-refractivity contribution is -0.149. The van der Waals surface area contributed by atoms with Gasteiger partial charge in [-0.15, -0.1) is 0 Å². The second-order valence-corrected chi connectivity index (χ2v) is 2.88. The molecule has 1 saturated heterocycles. The third-order valence-corrected chi connectivity index (χ3v) is 2.04. The molecule has 3 atom stereocenters. The van der Waals surface area contributed by atoms with Gasteiger partial charge >= 0.3 is 5.97 Å². The highest BCUT2D eigenvalue weighted by Gasteiger charge is 2.33. The number of carbonyl (C=O) groups is 1. The molecule has 10 heavy (non-hydrogen) atoms. The Hall–Kier alpha value is -0.570. The zero-order valence-electron chi connectivity index (χ0n) is 6.20. The third kappa shape index (κ3) is 1.29. The zero-order valence-corrected chi connectivity index (χ0v) is 6.20. The van der Waals surface area contributed by atoms with Crippen molar-refractivity contribution in [2.75, 3.05) is 0 Å². The summed E-state index contributed by atoms with van der Waals surface area (Å²) < 4.78 is 5.14. The Morgan fingerprint density at radius 1 is 1.60 bits per heavy atom. The number of carboxylic acids is 1. The van der Waals surface area contributed by atoms with Crippen molar-refractivity contribution in [2.24, 2.45) is 5.92 Å². The van der Waals surface area contributed by atoms with Gasteiger partial charge in [-0.05, 0) is 19.3 Å². The first-order valence-electron chi connectivity index (χ1n) is 3.49. The number of hydrogen-bond donors (Lipinski definition) is 1. The highest BCUT2D eigenvalue weighted by molar-refractivity contribution is 5.72. The molecular formula is C7H12O3. The first-order valence-corrected chi connectivity index (χ1v) is 3.49. The van der Waals surface area contributed by atoms with E-state index in [0.29, 0.717) is 12.3 Å².